The van der Waals surface area contributed by atoms with Crippen molar-refractivity contribution in [3.05, 3.63) is 11.5 Å². The number of hydrogen-bond donors (Lipinski definition) is 1. The predicted octanol–water partition coefficient (Wildman–Crippen LogP) is -2.92. The second kappa shape index (κ2) is 7.91. The molecule has 1 N–H and O–H groups in total. The zero-order valence-corrected chi connectivity index (χ0v) is 8.75. The number of nitriles is 3. The normalized spacial score (nSPS) is 5.83. The zero-order valence-electron chi connectivity index (χ0n) is 7.75. The van der Waals surface area contributed by atoms with Crippen LogP contribution in [0, 0.1) is 34.1 Å². The number of rotatable bonds is 2. The first-order valence-electron chi connectivity index (χ1n) is 2.53. The number of nitrogens with one attached hydrogen (secondary N) is 1. The van der Waals surface area contributed by atoms with Crippen molar-refractivity contribution in [3.63, 3.8) is 0 Å². The van der Waals surface area contributed by atoms with Crippen LogP contribution in [0.3, 0.4) is 0 Å². The van der Waals surface area contributed by atoms with Crippen LogP contribution in [0.15, 0.2) is 11.5 Å². The molecule has 0 unspecified atom stereocenters. The summed E-state index contributed by atoms with van der Waals surface area (Å²) in [4.78, 5) is 0. The average molecular weight is 172 g/mol. The van der Waals surface area contributed by atoms with Crippen LogP contribution in [0.2, 0.25) is 0 Å². The first kappa shape index (κ1) is 13.4. The van der Waals surface area contributed by atoms with E-state index in [1.54, 1.807) is 12.1 Å². The topological polar surface area (TPSA) is 92.6 Å². The average Bonchev–Trinajstić information content (AvgIpc) is 2.05. The molecule has 12 heavy (non-hydrogen) atoms. The van der Waals surface area contributed by atoms with Gasteiger partial charge in [0.2, 0.25) is 5.88 Å². The minimum atomic E-state index is -0.256. The molecule has 0 heterocycles. The van der Waals surface area contributed by atoms with E-state index in [4.69, 9.17) is 15.8 Å². The van der Waals surface area contributed by atoms with Crippen molar-refractivity contribution in [2.75, 3.05) is 7.11 Å². The van der Waals surface area contributed by atoms with Gasteiger partial charge in [-0.1, -0.05) is 0 Å². The smallest absolute Gasteiger partial charge is 1.00 e. The number of methoxy groups -OCH3 is 1. The Hall–Kier alpha value is -1.19. The van der Waals surface area contributed by atoms with E-state index < -0.39 is 0 Å². The number of nitrogens with zero attached hydrogens (tertiary/aromatic N) is 3. The van der Waals surface area contributed by atoms with Crippen molar-refractivity contribution in [1.82, 2.24) is 5.32 Å². The Balaban J connectivity index is -0.000000500. The number of allylic oxidation sites excluding steroid dienone is 1. The van der Waals surface area contributed by atoms with Gasteiger partial charge in [-0.3, -0.25) is 5.32 Å². The van der Waals surface area contributed by atoms with E-state index in [1.807, 2.05) is 0 Å². The van der Waals surface area contributed by atoms with Gasteiger partial charge < -0.3 is 6.16 Å². The van der Waals surface area contributed by atoms with Gasteiger partial charge in [0.1, 0.15) is 12.1 Å². The summed E-state index contributed by atoms with van der Waals surface area (Å²) >= 11 is 0. The van der Waals surface area contributed by atoms with Gasteiger partial charge in [-0.2, -0.15) is 15.8 Å². The second-order valence-corrected chi connectivity index (χ2v) is 1.37. The van der Waals surface area contributed by atoms with Crippen molar-refractivity contribution in [3.8, 4) is 18.3 Å². The maximum Gasteiger partial charge on any atom is 1.00 e. The van der Waals surface area contributed by atoms with Crippen LogP contribution in [0.4, 0.5) is 0 Å². The van der Waals surface area contributed by atoms with Crippen LogP contribution >= 0.6 is 0 Å². The molecular weight excluding hydrogens is 167 g/mol. The van der Waals surface area contributed by atoms with Crippen LogP contribution in [0.5, 0.6) is 0 Å². The molecule has 0 fully saturated rings. The fraction of sp³-hybridized carbons (Fsp3) is 0.167. The molecule has 0 amide bonds. The predicted molar refractivity (Wildman–Crippen MR) is 35.1 cm³/mol. The molecule has 0 atom stereocenters. The summed E-state index contributed by atoms with van der Waals surface area (Å²) in [7, 11) is 1.26. The Bertz CT molecular complexity index is 279. The Morgan fingerprint density at radius 2 is 1.83 bits per heavy atom. The molecule has 0 rings (SSSR count). The first-order valence-corrected chi connectivity index (χ1v) is 2.53. The molecule has 0 aromatic rings. The SMILES string of the molecule is COC(NC#N)=C(C#N)C#N.[H-].[Na+]. The van der Waals surface area contributed by atoms with E-state index in [0.717, 1.165) is 0 Å². The quantitative estimate of drug-likeness (QED) is 0.158. The van der Waals surface area contributed by atoms with E-state index in [0.29, 0.717) is 0 Å². The monoisotopic (exact) mass is 172 g/mol. The molecule has 56 valence electrons. The van der Waals surface area contributed by atoms with Crippen LogP contribution in [-0.4, -0.2) is 7.11 Å². The molecular formula is C6H5N4NaO. The van der Waals surface area contributed by atoms with Crippen molar-refractivity contribution in [2.45, 2.75) is 0 Å². The van der Waals surface area contributed by atoms with Gasteiger partial charge in [0, 0.05) is 0 Å². The Labute approximate surface area is 93.6 Å². The largest absolute Gasteiger partial charge is 1.00 e. The van der Waals surface area contributed by atoms with Gasteiger partial charge in [0.15, 0.2) is 11.8 Å². The molecule has 0 spiro atoms. The second-order valence-electron chi connectivity index (χ2n) is 1.37. The van der Waals surface area contributed by atoms with Gasteiger partial charge >= 0.3 is 29.6 Å². The summed E-state index contributed by atoms with van der Waals surface area (Å²) in [6, 6.07) is 3.13. The standard InChI is InChI=1S/C6H4N4O.Na.H/c1-11-6(10-4-9)5(2-7)3-8;;/h10H,1H3;;/q;+1;-1. The fourth-order valence-corrected chi connectivity index (χ4v) is 0.393. The summed E-state index contributed by atoms with van der Waals surface area (Å²) in [5.41, 5.74) is -0.256. The fourth-order valence-electron chi connectivity index (χ4n) is 0.393. The van der Waals surface area contributed by atoms with Gasteiger partial charge in [0.05, 0.1) is 7.11 Å². The molecule has 6 heteroatoms. The zero-order chi connectivity index (χ0) is 8.69. The third kappa shape index (κ3) is 3.85. The third-order valence-corrected chi connectivity index (χ3v) is 0.824. The molecule has 0 aromatic heterocycles. The summed E-state index contributed by atoms with van der Waals surface area (Å²) in [6.07, 6.45) is 1.53. The van der Waals surface area contributed by atoms with Crippen molar-refractivity contribution in [1.29, 1.82) is 15.8 Å². The van der Waals surface area contributed by atoms with E-state index >= 15 is 0 Å². The third-order valence-electron chi connectivity index (χ3n) is 0.824. The van der Waals surface area contributed by atoms with Crippen LogP contribution < -0.4 is 34.9 Å². The minimum absolute atomic E-state index is 0. The molecule has 5 nitrogen and oxygen atoms in total. The Morgan fingerprint density at radius 1 is 1.33 bits per heavy atom. The molecule has 0 aliphatic carbocycles. The van der Waals surface area contributed by atoms with E-state index in [1.165, 1.54) is 13.3 Å². The molecule has 0 aromatic carbocycles. The molecule has 0 aliphatic heterocycles. The minimum Gasteiger partial charge on any atom is -1.00 e. The van der Waals surface area contributed by atoms with Gasteiger partial charge in [-0.15, -0.1) is 0 Å². The molecule has 0 radical (unpaired) electrons. The van der Waals surface area contributed by atoms with Crippen molar-refractivity contribution in [2.24, 2.45) is 0 Å². The Morgan fingerprint density at radius 3 is 2.08 bits per heavy atom. The van der Waals surface area contributed by atoms with Crippen molar-refractivity contribution < 1.29 is 35.7 Å². The van der Waals surface area contributed by atoms with Crippen LogP contribution in [-0.2, 0) is 4.74 Å². The number of ether oxygens (including phenoxy) is 1. The van der Waals surface area contributed by atoms with E-state index in [9.17, 15) is 0 Å². The summed E-state index contributed by atoms with van der Waals surface area (Å²) in [5.74, 6) is -0.127. The summed E-state index contributed by atoms with van der Waals surface area (Å²) in [5, 5.41) is 26.8. The number of hydrogen-bond acceptors (Lipinski definition) is 5. The van der Waals surface area contributed by atoms with Gasteiger partial charge in [-0.05, 0) is 0 Å². The van der Waals surface area contributed by atoms with Gasteiger partial charge in [0.25, 0.3) is 0 Å². The summed E-state index contributed by atoms with van der Waals surface area (Å²) in [6.45, 7) is 0. The van der Waals surface area contributed by atoms with Crippen LogP contribution in [0.25, 0.3) is 0 Å². The van der Waals surface area contributed by atoms with Crippen LogP contribution in [0.1, 0.15) is 1.43 Å². The maximum absolute atomic E-state index is 8.29. The Kier molecular flexibility index (Phi) is 8.84. The summed E-state index contributed by atoms with van der Waals surface area (Å²) < 4.78 is 4.54. The molecule has 0 bridgehead atoms. The van der Waals surface area contributed by atoms with Crippen molar-refractivity contribution >= 4 is 0 Å². The molecule has 0 aliphatic rings. The molecule has 0 saturated heterocycles. The maximum atomic E-state index is 8.29. The first-order chi connectivity index (χ1) is 5.29. The van der Waals surface area contributed by atoms with E-state index in [-0.39, 0.29) is 42.4 Å². The van der Waals surface area contributed by atoms with E-state index in [2.05, 4.69) is 10.1 Å². The van der Waals surface area contributed by atoms with Gasteiger partial charge in [-0.25, -0.2) is 0 Å². The molecule has 0 saturated carbocycles.